The molecule has 5 fully saturated rings. The number of amides is 1. The maximum atomic E-state index is 13.5. The summed E-state index contributed by atoms with van der Waals surface area (Å²) in [4.78, 5) is 15.6. The molecule has 1 aromatic rings. The van der Waals surface area contributed by atoms with Gasteiger partial charge in [-0.2, -0.15) is 0 Å². The molecule has 134 valence electrons. The molecule has 1 amide bonds. The van der Waals surface area contributed by atoms with E-state index in [1.807, 2.05) is 12.1 Å². The molecular weight excluding hydrogens is 314 g/mol. The number of nitrogens with zero attached hydrogens (tertiary/aromatic N) is 1. The first-order chi connectivity index (χ1) is 12.1. The highest BCUT2D eigenvalue weighted by molar-refractivity contribution is 5.83. The zero-order valence-corrected chi connectivity index (χ0v) is 14.7. The Morgan fingerprint density at radius 1 is 1.12 bits per heavy atom. The number of ether oxygens (including phenoxy) is 1. The molecule has 4 aliphatic carbocycles. The SMILES string of the molecule is O=C(N1CCOC(c2cccc(O)c2)C1)C12CC3CC(CC(C3)C1)C2. The lowest BCUT2D eigenvalue weighted by atomic mass is 9.49. The van der Waals surface area contributed by atoms with Crippen LogP contribution < -0.4 is 0 Å². The average Bonchev–Trinajstić information content (AvgIpc) is 2.60. The van der Waals surface area contributed by atoms with Crippen LogP contribution >= 0.6 is 0 Å². The van der Waals surface area contributed by atoms with E-state index in [1.54, 1.807) is 12.1 Å². The van der Waals surface area contributed by atoms with Crippen LogP contribution in [0.5, 0.6) is 5.75 Å². The molecule has 1 saturated heterocycles. The summed E-state index contributed by atoms with van der Waals surface area (Å²) >= 11 is 0. The van der Waals surface area contributed by atoms with E-state index in [0.29, 0.717) is 25.6 Å². The van der Waals surface area contributed by atoms with Gasteiger partial charge in [0, 0.05) is 6.54 Å². The highest BCUT2D eigenvalue weighted by atomic mass is 16.5. The van der Waals surface area contributed by atoms with Crippen molar-refractivity contribution >= 4 is 5.91 Å². The van der Waals surface area contributed by atoms with Crippen molar-refractivity contribution in [3.05, 3.63) is 29.8 Å². The number of carbonyl (C=O) groups excluding carboxylic acids is 1. The Balaban J connectivity index is 1.35. The molecule has 4 saturated carbocycles. The normalized spacial score (nSPS) is 39.6. The van der Waals surface area contributed by atoms with Crippen LogP contribution in [0.2, 0.25) is 0 Å². The predicted molar refractivity (Wildman–Crippen MR) is 94.0 cm³/mol. The first-order valence-electron chi connectivity index (χ1n) is 9.81. The predicted octanol–water partition coefficient (Wildman–Crippen LogP) is 3.51. The minimum absolute atomic E-state index is 0.0739. The van der Waals surface area contributed by atoms with E-state index in [0.717, 1.165) is 42.6 Å². The van der Waals surface area contributed by atoms with Crippen molar-refractivity contribution in [2.24, 2.45) is 23.2 Å². The zero-order chi connectivity index (χ0) is 17.0. The lowest BCUT2D eigenvalue weighted by Gasteiger charge is -2.57. The van der Waals surface area contributed by atoms with Crippen molar-refractivity contribution in [3.8, 4) is 5.75 Å². The van der Waals surface area contributed by atoms with Gasteiger partial charge in [-0.3, -0.25) is 4.79 Å². The summed E-state index contributed by atoms with van der Waals surface area (Å²) in [6.07, 6.45) is 7.31. The second-order valence-corrected chi connectivity index (χ2v) is 8.90. The largest absolute Gasteiger partial charge is 0.508 e. The standard InChI is InChI=1S/C21H27NO3/c23-18-3-1-2-17(9-18)19-13-22(4-5-25-19)20(24)21-10-14-6-15(11-21)8-16(7-14)12-21/h1-3,9,14-16,19,23H,4-8,10-13H2. The molecule has 1 aliphatic heterocycles. The molecule has 5 aliphatic rings. The van der Waals surface area contributed by atoms with Crippen LogP contribution in [-0.2, 0) is 9.53 Å². The summed E-state index contributed by atoms with van der Waals surface area (Å²) in [5.41, 5.74) is 0.887. The van der Waals surface area contributed by atoms with Gasteiger partial charge >= 0.3 is 0 Å². The molecular formula is C21H27NO3. The van der Waals surface area contributed by atoms with E-state index in [4.69, 9.17) is 4.74 Å². The second-order valence-electron chi connectivity index (χ2n) is 8.90. The van der Waals surface area contributed by atoms with Gasteiger partial charge in [0.05, 0.1) is 18.6 Å². The number of hydrogen-bond donors (Lipinski definition) is 1. The van der Waals surface area contributed by atoms with E-state index in [9.17, 15) is 9.90 Å². The number of rotatable bonds is 2. The van der Waals surface area contributed by atoms with Gasteiger partial charge in [0.25, 0.3) is 0 Å². The molecule has 4 bridgehead atoms. The average molecular weight is 341 g/mol. The van der Waals surface area contributed by atoms with Crippen molar-refractivity contribution in [3.63, 3.8) is 0 Å². The highest BCUT2D eigenvalue weighted by Crippen LogP contribution is 2.60. The number of carbonyl (C=O) groups is 1. The van der Waals surface area contributed by atoms with Crippen LogP contribution in [0.25, 0.3) is 0 Å². The van der Waals surface area contributed by atoms with Gasteiger partial charge in [-0.05, 0) is 74.0 Å². The van der Waals surface area contributed by atoms with E-state index in [2.05, 4.69) is 4.90 Å². The van der Waals surface area contributed by atoms with Gasteiger partial charge in [0.15, 0.2) is 0 Å². The van der Waals surface area contributed by atoms with Crippen LogP contribution in [0.15, 0.2) is 24.3 Å². The molecule has 25 heavy (non-hydrogen) atoms. The number of morpholine rings is 1. The van der Waals surface area contributed by atoms with Crippen molar-refractivity contribution in [1.29, 1.82) is 0 Å². The summed E-state index contributed by atoms with van der Waals surface area (Å²) in [7, 11) is 0. The summed E-state index contributed by atoms with van der Waals surface area (Å²) in [5, 5.41) is 9.74. The molecule has 4 heteroatoms. The third-order valence-corrected chi connectivity index (χ3v) is 7.09. The number of phenols is 1. The molecule has 1 heterocycles. The third-order valence-electron chi connectivity index (χ3n) is 7.09. The third kappa shape index (κ3) is 2.66. The summed E-state index contributed by atoms with van der Waals surface area (Å²) in [5.74, 6) is 3.01. The Labute approximate surface area is 149 Å². The molecule has 0 spiro atoms. The lowest BCUT2D eigenvalue weighted by Crippen LogP contribution is -2.56. The molecule has 0 aromatic heterocycles. The Hall–Kier alpha value is -1.55. The van der Waals surface area contributed by atoms with Crippen molar-refractivity contribution in [2.75, 3.05) is 19.7 Å². The van der Waals surface area contributed by atoms with Crippen LogP contribution in [-0.4, -0.2) is 35.6 Å². The van der Waals surface area contributed by atoms with E-state index >= 15 is 0 Å². The Morgan fingerprint density at radius 2 is 1.80 bits per heavy atom. The molecule has 1 aromatic carbocycles. The number of benzene rings is 1. The second kappa shape index (κ2) is 5.73. The quantitative estimate of drug-likeness (QED) is 0.895. The van der Waals surface area contributed by atoms with Gasteiger partial charge in [0.2, 0.25) is 5.91 Å². The van der Waals surface area contributed by atoms with E-state index in [-0.39, 0.29) is 17.3 Å². The van der Waals surface area contributed by atoms with Gasteiger partial charge in [0.1, 0.15) is 11.9 Å². The van der Waals surface area contributed by atoms with Gasteiger partial charge in [-0.15, -0.1) is 0 Å². The van der Waals surface area contributed by atoms with Gasteiger partial charge in [-0.25, -0.2) is 0 Å². The molecule has 4 nitrogen and oxygen atoms in total. The molecule has 1 N–H and O–H groups in total. The Morgan fingerprint density at radius 3 is 2.44 bits per heavy atom. The molecule has 0 radical (unpaired) electrons. The van der Waals surface area contributed by atoms with Gasteiger partial charge in [-0.1, -0.05) is 12.1 Å². The Bertz CT molecular complexity index is 650. The van der Waals surface area contributed by atoms with Crippen molar-refractivity contribution < 1.29 is 14.6 Å². The van der Waals surface area contributed by atoms with Crippen molar-refractivity contribution in [2.45, 2.75) is 44.6 Å². The van der Waals surface area contributed by atoms with Crippen LogP contribution in [0.1, 0.15) is 50.2 Å². The number of hydrogen-bond acceptors (Lipinski definition) is 3. The molecule has 1 atom stereocenters. The zero-order valence-electron chi connectivity index (χ0n) is 14.7. The highest BCUT2D eigenvalue weighted by Gasteiger charge is 2.55. The van der Waals surface area contributed by atoms with Gasteiger partial charge < -0.3 is 14.7 Å². The van der Waals surface area contributed by atoms with E-state index < -0.39 is 0 Å². The summed E-state index contributed by atoms with van der Waals surface area (Å²) in [6, 6.07) is 7.24. The van der Waals surface area contributed by atoms with Crippen LogP contribution in [0, 0.1) is 23.2 Å². The summed E-state index contributed by atoms with van der Waals surface area (Å²) < 4.78 is 5.91. The monoisotopic (exact) mass is 341 g/mol. The Kier molecular flexibility index (Phi) is 3.60. The molecule has 6 rings (SSSR count). The van der Waals surface area contributed by atoms with Crippen LogP contribution in [0.3, 0.4) is 0 Å². The fourth-order valence-electron chi connectivity index (χ4n) is 6.47. The molecule has 1 unspecified atom stereocenters. The van der Waals surface area contributed by atoms with Crippen LogP contribution in [0.4, 0.5) is 0 Å². The van der Waals surface area contributed by atoms with E-state index in [1.165, 1.54) is 19.3 Å². The fourth-order valence-corrected chi connectivity index (χ4v) is 6.47. The summed E-state index contributed by atoms with van der Waals surface area (Å²) in [6.45, 7) is 1.90. The topological polar surface area (TPSA) is 49.8 Å². The first-order valence-corrected chi connectivity index (χ1v) is 9.81. The fraction of sp³-hybridized carbons (Fsp3) is 0.667. The minimum Gasteiger partial charge on any atom is -0.508 e. The minimum atomic E-state index is -0.126. The van der Waals surface area contributed by atoms with Crippen molar-refractivity contribution in [1.82, 2.24) is 4.90 Å². The smallest absolute Gasteiger partial charge is 0.228 e. The maximum absolute atomic E-state index is 13.5. The lowest BCUT2D eigenvalue weighted by molar-refractivity contribution is -0.164. The number of phenolic OH excluding ortho intramolecular Hbond substituents is 1. The number of aromatic hydroxyl groups is 1. The maximum Gasteiger partial charge on any atom is 0.228 e. The first kappa shape index (κ1) is 15.7.